The Bertz CT molecular complexity index is 145. The Kier molecular flexibility index (Phi) is 5.10. The molecule has 0 aliphatic carbocycles. The summed E-state index contributed by atoms with van der Waals surface area (Å²) in [6.45, 7) is 7.38. The van der Waals surface area contributed by atoms with Crippen molar-refractivity contribution in [2.75, 3.05) is 5.33 Å². The minimum absolute atomic E-state index is 0.809. The summed E-state index contributed by atoms with van der Waals surface area (Å²) < 4.78 is 0.865. The zero-order valence-corrected chi connectivity index (χ0v) is 8.20. The molecule has 0 N–H and O–H groups in total. The molecule has 0 aliphatic heterocycles. The van der Waals surface area contributed by atoms with Gasteiger partial charge in [0.15, 0.2) is 0 Å². The normalized spacial score (nSPS) is 10.0. The molecule has 0 rings (SSSR count). The second-order valence-electron chi connectivity index (χ2n) is 1.57. The minimum Gasteiger partial charge on any atom is -0.0950 e. The molecule has 0 radical (unpaired) electrons. The topological polar surface area (TPSA) is 0 Å². The number of alkyl halides is 1. The Labute approximate surface area is 72.6 Å². The molecular formula is C7H8Br2. The van der Waals surface area contributed by atoms with Crippen molar-refractivity contribution in [3.63, 3.8) is 0 Å². The third-order valence-corrected chi connectivity index (χ3v) is 1.66. The fraction of sp³-hybridized carbons (Fsp3) is 0.143. The predicted molar refractivity (Wildman–Crippen MR) is 50.1 cm³/mol. The van der Waals surface area contributed by atoms with E-state index in [1.54, 1.807) is 0 Å². The first-order valence-corrected chi connectivity index (χ1v) is 4.34. The Hall–Kier alpha value is 0.180. The SMILES string of the molecule is C=C(Br)/C=C\C(=C)CBr. The van der Waals surface area contributed by atoms with Crippen molar-refractivity contribution in [1.82, 2.24) is 0 Å². The molecule has 0 amide bonds. The van der Waals surface area contributed by atoms with E-state index in [1.165, 1.54) is 0 Å². The van der Waals surface area contributed by atoms with Crippen LogP contribution in [-0.2, 0) is 0 Å². The highest BCUT2D eigenvalue weighted by atomic mass is 79.9. The zero-order valence-electron chi connectivity index (χ0n) is 5.03. The maximum atomic E-state index is 3.75. The standard InChI is InChI=1S/C7H8Br2/c1-6(5-8)3-4-7(2)9/h3-4H,1-2,5H2/b4-3-. The van der Waals surface area contributed by atoms with Crippen LogP contribution in [0.1, 0.15) is 0 Å². The number of hydrogen-bond donors (Lipinski definition) is 0. The lowest BCUT2D eigenvalue weighted by Crippen LogP contribution is -1.72. The lowest BCUT2D eigenvalue weighted by molar-refractivity contribution is 1.60. The molecule has 0 unspecified atom stereocenters. The van der Waals surface area contributed by atoms with Crippen LogP contribution in [0.5, 0.6) is 0 Å². The van der Waals surface area contributed by atoms with E-state index in [0.717, 1.165) is 15.4 Å². The molecule has 0 fully saturated rings. The molecule has 0 heterocycles. The van der Waals surface area contributed by atoms with Gasteiger partial charge in [-0.3, -0.25) is 0 Å². The number of allylic oxidation sites excluding steroid dienone is 4. The Balaban J connectivity index is 3.71. The van der Waals surface area contributed by atoms with Gasteiger partial charge in [0.25, 0.3) is 0 Å². The number of rotatable bonds is 3. The van der Waals surface area contributed by atoms with Gasteiger partial charge in [-0.05, 0) is 11.6 Å². The Morgan fingerprint density at radius 3 is 2.22 bits per heavy atom. The summed E-state index contributed by atoms with van der Waals surface area (Å²) in [6, 6.07) is 0. The van der Waals surface area contributed by atoms with Crippen molar-refractivity contribution in [3.8, 4) is 0 Å². The molecule has 2 heteroatoms. The van der Waals surface area contributed by atoms with Gasteiger partial charge in [0.05, 0.1) is 0 Å². The van der Waals surface area contributed by atoms with Gasteiger partial charge in [-0.1, -0.05) is 51.1 Å². The van der Waals surface area contributed by atoms with Crippen LogP contribution in [-0.4, -0.2) is 5.33 Å². The van der Waals surface area contributed by atoms with Crippen LogP contribution >= 0.6 is 31.9 Å². The summed E-state index contributed by atoms with van der Waals surface area (Å²) in [6.07, 6.45) is 3.77. The summed E-state index contributed by atoms with van der Waals surface area (Å²) >= 11 is 6.46. The fourth-order valence-electron chi connectivity index (χ4n) is 0.253. The minimum atomic E-state index is 0.809. The van der Waals surface area contributed by atoms with E-state index >= 15 is 0 Å². The van der Waals surface area contributed by atoms with Crippen LogP contribution in [0.15, 0.2) is 35.4 Å². The van der Waals surface area contributed by atoms with Gasteiger partial charge in [-0.25, -0.2) is 0 Å². The van der Waals surface area contributed by atoms with E-state index in [1.807, 2.05) is 12.2 Å². The van der Waals surface area contributed by atoms with Crippen LogP contribution in [0, 0.1) is 0 Å². The fourth-order valence-corrected chi connectivity index (χ4v) is 0.572. The molecule has 0 aliphatic rings. The largest absolute Gasteiger partial charge is 0.0950 e. The van der Waals surface area contributed by atoms with Crippen molar-refractivity contribution in [2.24, 2.45) is 0 Å². The molecule has 9 heavy (non-hydrogen) atoms. The third kappa shape index (κ3) is 6.06. The van der Waals surface area contributed by atoms with E-state index < -0.39 is 0 Å². The first kappa shape index (κ1) is 9.18. The van der Waals surface area contributed by atoms with Gasteiger partial charge in [0.1, 0.15) is 0 Å². The van der Waals surface area contributed by atoms with Gasteiger partial charge in [0.2, 0.25) is 0 Å². The van der Waals surface area contributed by atoms with Gasteiger partial charge in [-0.15, -0.1) is 0 Å². The summed E-state index contributed by atoms with van der Waals surface area (Å²) in [4.78, 5) is 0. The van der Waals surface area contributed by atoms with Crippen LogP contribution in [0.3, 0.4) is 0 Å². The van der Waals surface area contributed by atoms with Gasteiger partial charge in [0, 0.05) is 9.81 Å². The monoisotopic (exact) mass is 250 g/mol. The Morgan fingerprint density at radius 1 is 1.33 bits per heavy atom. The summed E-state index contributed by atoms with van der Waals surface area (Å²) in [7, 11) is 0. The average Bonchev–Trinajstić information content (AvgIpc) is 1.83. The molecule has 0 spiro atoms. The van der Waals surface area contributed by atoms with Crippen LogP contribution < -0.4 is 0 Å². The summed E-state index contributed by atoms with van der Waals surface area (Å²) in [5.74, 6) is 0. The second-order valence-corrected chi connectivity index (χ2v) is 3.15. The molecule has 0 aromatic rings. The lowest BCUT2D eigenvalue weighted by Gasteiger charge is -1.87. The zero-order chi connectivity index (χ0) is 7.28. The first-order chi connectivity index (χ1) is 4.16. The maximum Gasteiger partial charge on any atom is 0.0277 e. The molecule has 0 saturated heterocycles. The second kappa shape index (κ2) is 5.00. The van der Waals surface area contributed by atoms with E-state index in [2.05, 4.69) is 45.0 Å². The van der Waals surface area contributed by atoms with E-state index in [9.17, 15) is 0 Å². The maximum absolute atomic E-state index is 3.75. The van der Waals surface area contributed by atoms with Crippen molar-refractivity contribution in [2.45, 2.75) is 0 Å². The molecule has 50 valence electrons. The van der Waals surface area contributed by atoms with E-state index in [0.29, 0.717) is 0 Å². The highest BCUT2D eigenvalue weighted by molar-refractivity contribution is 9.11. The molecule has 0 bridgehead atoms. The van der Waals surface area contributed by atoms with Gasteiger partial charge >= 0.3 is 0 Å². The lowest BCUT2D eigenvalue weighted by atomic mass is 10.3. The van der Waals surface area contributed by atoms with E-state index in [-0.39, 0.29) is 0 Å². The molecule has 0 aromatic heterocycles. The Morgan fingerprint density at radius 2 is 1.89 bits per heavy atom. The van der Waals surface area contributed by atoms with Crippen molar-refractivity contribution in [1.29, 1.82) is 0 Å². The molecule has 0 nitrogen and oxygen atoms in total. The van der Waals surface area contributed by atoms with Crippen LogP contribution in [0.2, 0.25) is 0 Å². The van der Waals surface area contributed by atoms with Crippen molar-refractivity contribution in [3.05, 3.63) is 35.4 Å². The third-order valence-electron chi connectivity index (χ3n) is 0.672. The molecule has 0 saturated carbocycles. The number of hydrogen-bond acceptors (Lipinski definition) is 0. The molecule has 0 aromatic carbocycles. The highest BCUT2D eigenvalue weighted by Crippen LogP contribution is 2.05. The molecule has 0 atom stereocenters. The van der Waals surface area contributed by atoms with Gasteiger partial charge in [-0.2, -0.15) is 0 Å². The predicted octanol–water partition coefficient (Wildman–Crippen LogP) is 3.40. The van der Waals surface area contributed by atoms with Crippen molar-refractivity contribution >= 4 is 31.9 Å². The molecular weight excluding hydrogens is 244 g/mol. The first-order valence-electron chi connectivity index (χ1n) is 2.43. The quantitative estimate of drug-likeness (QED) is 0.533. The summed E-state index contributed by atoms with van der Waals surface area (Å²) in [5.41, 5.74) is 1.04. The highest BCUT2D eigenvalue weighted by Gasteiger charge is 1.81. The number of halogens is 2. The van der Waals surface area contributed by atoms with Crippen molar-refractivity contribution < 1.29 is 0 Å². The van der Waals surface area contributed by atoms with E-state index in [4.69, 9.17) is 0 Å². The smallest absolute Gasteiger partial charge is 0.0277 e. The summed E-state index contributed by atoms with van der Waals surface area (Å²) in [5, 5.41) is 0.809. The van der Waals surface area contributed by atoms with Crippen LogP contribution in [0.4, 0.5) is 0 Å². The van der Waals surface area contributed by atoms with Crippen LogP contribution in [0.25, 0.3) is 0 Å². The average molecular weight is 252 g/mol. The van der Waals surface area contributed by atoms with Gasteiger partial charge < -0.3 is 0 Å².